The fourth-order valence-electron chi connectivity index (χ4n) is 3.75. The highest BCUT2D eigenvalue weighted by Crippen LogP contribution is 2.11. The molecule has 1 aromatic rings. The summed E-state index contributed by atoms with van der Waals surface area (Å²) in [4.78, 5) is 66.0. The van der Waals surface area contributed by atoms with Crippen LogP contribution in [0.3, 0.4) is 0 Å². The van der Waals surface area contributed by atoms with Gasteiger partial charge in [-0.1, -0.05) is 50.6 Å². The molecule has 5 atom stereocenters. The van der Waals surface area contributed by atoms with Crippen molar-refractivity contribution in [3.05, 3.63) is 35.9 Å². The van der Waals surface area contributed by atoms with Gasteiger partial charge in [0.05, 0.1) is 6.04 Å². The fourth-order valence-corrected chi connectivity index (χ4v) is 3.75. The third kappa shape index (κ3) is 12.6. The summed E-state index contributed by atoms with van der Waals surface area (Å²) in [6.07, 6.45) is 0.860. The molecule has 0 saturated carbocycles. The van der Waals surface area contributed by atoms with Crippen molar-refractivity contribution in [2.45, 2.75) is 76.5 Å². The van der Waals surface area contributed by atoms with Gasteiger partial charge in [0.1, 0.15) is 18.1 Å². The third-order valence-electron chi connectivity index (χ3n) is 6.31. The Balaban J connectivity index is 3.07. The number of aliphatic carboxylic acids is 1. The molecule has 12 N–H and O–H groups in total. The topological polar surface area (TPSA) is 258 Å². The van der Waals surface area contributed by atoms with Crippen LogP contribution in [0.15, 0.2) is 35.3 Å². The normalized spacial score (nSPS) is 14.5. The van der Waals surface area contributed by atoms with Crippen LogP contribution < -0.4 is 38.9 Å². The number of nitrogens with two attached hydrogens (primary N) is 4. The number of benzene rings is 1. The van der Waals surface area contributed by atoms with Crippen LogP contribution in [-0.2, 0) is 30.4 Å². The van der Waals surface area contributed by atoms with Crippen molar-refractivity contribution in [3.63, 3.8) is 0 Å². The molecule has 0 radical (unpaired) electrons. The lowest BCUT2D eigenvalue weighted by Gasteiger charge is -2.28. The van der Waals surface area contributed by atoms with Crippen LogP contribution >= 0.6 is 0 Å². The van der Waals surface area contributed by atoms with E-state index in [2.05, 4.69) is 20.9 Å². The van der Waals surface area contributed by atoms with Gasteiger partial charge >= 0.3 is 5.97 Å². The van der Waals surface area contributed by atoms with E-state index in [1.165, 1.54) is 0 Å². The number of carboxylic acid groups (broad SMARTS) is 1. The Morgan fingerprint density at radius 3 is 2.08 bits per heavy atom. The van der Waals surface area contributed by atoms with Gasteiger partial charge in [0.25, 0.3) is 0 Å². The lowest BCUT2D eigenvalue weighted by Crippen LogP contribution is -2.59. The smallest absolute Gasteiger partial charge is 0.326 e. The maximum atomic E-state index is 13.4. The van der Waals surface area contributed by atoms with Crippen molar-refractivity contribution in [2.75, 3.05) is 6.54 Å². The van der Waals surface area contributed by atoms with E-state index < -0.39 is 53.8 Å². The van der Waals surface area contributed by atoms with E-state index in [1.54, 1.807) is 31.2 Å². The van der Waals surface area contributed by atoms with Gasteiger partial charge in [-0.05, 0) is 30.7 Å². The summed E-state index contributed by atoms with van der Waals surface area (Å²) in [5, 5.41) is 17.2. The number of nitrogens with zero attached hydrogens (tertiary/aromatic N) is 1. The summed E-state index contributed by atoms with van der Waals surface area (Å²) >= 11 is 0. The first-order valence-corrected chi connectivity index (χ1v) is 13.1. The number of primary amides is 1. The first kappa shape index (κ1) is 33.8. The quantitative estimate of drug-likeness (QED) is 0.0585. The standard InChI is InChI=1S/C26H42N8O6/c1-3-15(2)21(24(38)32-18(25(39)40)11-12-20(28)35)34-23(37)19(14-16-8-5-4-6-9-16)33-22(36)17(27)10-7-13-31-26(29)30/h4-6,8-9,15,17-19,21H,3,7,10-14,27H2,1-2H3,(H2,28,35)(H,32,38)(H,33,36)(H,34,37)(H,39,40)(H4,29,30,31). The van der Waals surface area contributed by atoms with E-state index in [0.29, 0.717) is 19.4 Å². The highest BCUT2D eigenvalue weighted by molar-refractivity contribution is 5.94. The van der Waals surface area contributed by atoms with Gasteiger partial charge in [-0.2, -0.15) is 0 Å². The van der Waals surface area contributed by atoms with Crippen LogP contribution in [0.5, 0.6) is 0 Å². The van der Waals surface area contributed by atoms with E-state index in [4.69, 9.17) is 22.9 Å². The number of amides is 4. The zero-order valence-electron chi connectivity index (χ0n) is 23.0. The van der Waals surface area contributed by atoms with E-state index in [1.807, 2.05) is 13.0 Å². The number of nitrogens with one attached hydrogen (secondary N) is 3. The van der Waals surface area contributed by atoms with Crippen LogP contribution in [-0.4, -0.2) is 71.4 Å². The molecule has 1 rings (SSSR count). The average molecular weight is 563 g/mol. The second-order valence-electron chi connectivity index (χ2n) is 9.58. The largest absolute Gasteiger partial charge is 0.480 e. The summed E-state index contributed by atoms with van der Waals surface area (Å²) in [5.41, 5.74) is 22.5. The minimum absolute atomic E-state index is 0.0694. The Hall–Kier alpha value is -4.20. The predicted molar refractivity (Wildman–Crippen MR) is 149 cm³/mol. The lowest BCUT2D eigenvalue weighted by molar-refractivity contribution is -0.143. The molecular formula is C26H42N8O6. The molecule has 14 heteroatoms. The minimum Gasteiger partial charge on any atom is -0.480 e. The van der Waals surface area contributed by atoms with Gasteiger partial charge in [0, 0.05) is 19.4 Å². The monoisotopic (exact) mass is 562 g/mol. The van der Waals surface area contributed by atoms with Gasteiger partial charge in [0.2, 0.25) is 23.6 Å². The molecule has 0 spiro atoms. The van der Waals surface area contributed by atoms with Crippen LogP contribution in [0, 0.1) is 5.92 Å². The zero-order valence-corrected chi connectivity index (χ0v) is 23.0. The number of hydrogen-bond donors (Lipinski definition) is 8. The molecule has 1 aromatic carbocycles. The van der Waals surface area contributed by atoms with Crippen LogP contribution in [0.1, 0.15) is 51.5 Å². The summed E-state index contributed by atoms with van der Waals surface area (Å²) in [6, 6.07) is 4.46. The predicted octanol–water partition coefficient (Wildman–Crippen LogP) is -1.54. The maximum Gasteiger partial charge on any atom is 0.326 e. The lowest BCUT2D eigenvalue weighted by atomic mass is 9.96. The number of hydrogen-bond acceptors (Lipinski definition) is 7. The Bertz CT molecular complexity index is 1030. The summed E-state index contributed by atoms with van der Waals surface area (Å²) in [7, 11) is 0. The zero-order chi connectivity index (χ0) is 30.2. The molecule has 0 aliphatic heterocycles. The van der Waals surface area contributed by atoms with Crippen LogP contribution in [0.4, 0.5) is 0 Å². The molecule has 14 nitrogen and oxygen atoms in total. The van der Waals surface area contributed by atoms with Crippen molar-refractivity contribution >= 4 is 35.6 Å². The molecule has 0 heterocycles. The molecule has 4 amide bonds. The average Bonchev–Trinajstić information content (AvgIpc) is 2.90. The Morgan fingerprint density at radius 1 is 0.900 bits per heavy atom. The van der Waals surface area contributed by atoms with Gasteiger partial charge in [-0.15, -0.1) is 0 Å². The first-order valence-electron chi connectivity index (χ1n) is 13.1. The number of carbonyl (C=O) groups excluding carboxylic acids is 4. The molecule has 0 aliphatic carbocycles. The van der Waals surface area contributed by atoms with E-state index in [9.17, 15) is 29.1 Å². The van der Waals surface area contributed by atoms with Crippen LogP contribution in [0.25, 0.3) is 0 Å². The number of carbonyl (C=O) groups is 5. The van der Waals surface area contributed by atoms with E-state index in [-0.39, 0.29) is 37.6 Å². The second kappa shape index (κ2) is 17.4. The van der Waals surface area contributed by atoms with Gasteiger partial charge in [-0.3, -0.25) is 24.2 Å². The molecule has 0 bridgehead atoms. The van der Waals surface area contributed by atoms with Crippen molar-refractivity contribution in [2.24, 2.45) is 33.8 Å². The molecule has 0 aromatic heterocycles. The second-order valence-corrected chi connectivity index (χ2v) is 9.58. The van der Waals surface area contributed by atoms with Crippen molar-refractivity contribution in [1.29, 1.82) is 0 Å². The molecule has 0 fully saturated rings. The summed E-state index contributed by atoms with van der Waals surface area (Å²) in [6.45, 7) is 3.82. The van der Waals surface area contributed by atoms with Crippen LogP contribution in [0.2, 0.25) is 0 Å². The van der Waals surface area contributed by atoms with Crippen molar-refractivity contribution < 1.29 is 29.1 Å². The Labute approximate surface area is 233 Å². The SMILES string of the molecule is CCC(C)C(NC(=O)C(Cc1ccccc1)NC(=O)C(N)CCCN=C(N)N)C(=O)NC(CCC(N)=O)C(=O)O. The molecule has 5 unspecified atom stereocenters. The number of guanidine groups is 1. The molecule has 0 saturated heterocycles. The molecule has 40 heavy (non-hydrogen) atoms. The summed E-state index contributed by atoms with van der Waals surface area (Å²) < 4.78 is 0. The Morgan fingerprint density at radius 2 is 1.52 bits per heavy atom. The van der Waals surface area contributed by atoms with E-state index in [0.717, 1.165) is 5.56 Å². The maximum absolute atomic E-state index is 13.4. The third-order valence-corrected chi connectivity index (χ3v) is 6.31. The van der Waals surface area contributed by atoms with Crippen molar-refractivity contribution in [1.82, 2.24) is 16.0 Å². The molecular weight excluding hydrogens is 520 g/mol. The molecule has 0 aliphatic rings. The number of aliphatic imine (C=N–C) groups is 1. The van der Waals surface area contributed by atoms with E-state index >= 15 is 0 Å². The minimum atomic E-state index is -1.37. The number of carboxylic acids is 1. The van der Waals surface area contributed by atoms with Gasteiger partial charge in [0.15, 0.2) is 5.96 Å². The molecule has 222 valence electrons. The first-order chi connectivity index (χ1) is 18.8. The number of rotatable bonds is 18. The highest BCUT2D eigenvalue weighted by Gasteiger charge is 2.33. The highest BCUT2D eigenvalue weighted by atomic mass is 16.4. The van der Waals surface area contributed by atoms with Crippen molar-refractivity contribution in [3.8, 4) is 0 Å². The van der Waals surface area contributed by atoms with Gasteiger partial charge < -0.3 is 44.0 Å². The Kier molecular flexibility index (Phi) is 14.7. The summed E-state index contributed by atoms with van der Waals surface area (Å²) in [5.74, 6) is -4.45. The van der Waals surface area contributed by atoms with Gasteiger partial charge in [-0.25, -0.2) is 4.79 Å². The fraction of sp³-hybridized carbons (Fsp3) is 0.538.